The standard InChI is InChI=1S/C14H22N6O/c1-9(16-5-2-10-3-6-21-7-4-10)13-19-12(15)11-14(20-13)18-8-17-11/h8-10,16H,2-7H2,1H3,(H3,15,17,18,19,20). The molecule has 4 N–H and O–H groups in total. The number of aromatic amines is 1. The van der Waals surface area contributed by atoms with Gasteiger partial charge in [-0.25, -0.2) is 15.0 Å². The first-order valence-corrected chi connectivity index (χ1v) is 7.51. The van der Waals surface area contributed by atoms with Crippen LogP contribution in [0.15, 0.2) is 6.33 Å². The summed E-state index contributed by atoms with van der Waals surface area (Å²) < 4.78 is 5.38. The van der Waals surface area contributed by atoms with E-state index in [1.54, 1.807) is 6.33 Å². The number of rotatable bonds is 5. The Morgan fingerprint density at radius 2 is 2.24 bits per heavy atom. The predicted molar refractivity (Wildman–Crippen MR) is 80.7 cm³/mol. The fourth-order valence-electron chi connectivity index (χ4n) is 2.70. The van der Waals surface area contributed by atoms with E-state index >= 15 is 0 Å². The molecule has 0 spiro atoms. The van der Waals surface area contributed by atoms with Gasteiger partial charge in [0, 0.05) is 13.2 Å². The highest BCUT2D eigenvalue weighted by atomic mass is 16.5. The van der Waals surface area contributed by atoms with Crippen LogP contribution in [0.5, 0.6) is 0 Å². The minimum Gasteiger partial charge on any atom is -0.382 e. The molecule has 1 aliphatic rings. The number of hydrogen-bond donors (Lipinski definition) is 3. The maximum absolute atomic E-state index is 5.92. The van der Waals surface area contributed by atoms with Gasteiger partial charge in [-0.3, -0.25) is 0 Å². The van der Waals surface area contributed by atoms with E-state index in [2.05, 4.69) is 32.2 Å². The van der Waals surface area contributed by atoms with Gasteiger partial charge >= 0.3 is 0 Å². The smallest absolute Gasteiger partial charge is 0.183 e. The first-order valence-electron chi connectivity index (χ1n) is 7.51. The number of nitrogens with two attached hydrogens (primary N) is 1. The van der Waals surface area contributed by atoms with Crippen molar-refractivity contribution in [1.82, 2.24) is 25.3 Å². The average molecular weight is 290 g/mol. The van der Waals surface area contributed by atoms with Gasteiger partial charge in [0.05, 0.1) is 12.4 Å². The minimum absolute atomic E-state index is 0.0632. The Morgan fingerprint density at radius 1 is 1.43 bits per heavy atom. The van der Waals surface area contributed by atoms with E-state index in [0.717, 1.165) is 32.1 Å². The summed E-state index contributed by atoms with van der Waals surface area (Å²) in [7, 11) is 0. The second-order valence-electron chi connectivity index (χ2n) is 5.59. The summed E-state index contributed by atoms with van der Waals surface area (Å²) in [6, 6.07) is 0.0632. The maximum Gasteiger partial charge on any atom is 0.183 e. The Morgan fingerprint density at radius 3 is 3.05 bits per heavy atom. The van der Waals surface area contributed by atoms with Crippen LogP contribution in [0, 0.1) is 5.92 Å². The number of ether oxygens (including phenoxy) is 1. The van der Waals surface area contributed by atoms with E-state index in [4.69, 9.17) is 10.5 Å². The van der Waals surface area contributed by atoms with E-state index in [-0.39, 0.29) is 6.04 Å². The van der Waals surface area contributed by atoms with E-state index in [1.165, 1.54) is 12.8 Å². The van der Waals surface area contributed by atoms with Crippen LogP contribution < -0.4 is 11.1 Å². The monoisotopic (exact) mass is 290 g/mol. The molecule has 21 heavy (non-hydrogen) atoms. The van der Waals surface area contributed by atoms with Gasteiger partial charge in [-0.05, 0) is 38.6 Å². The van der Waals surface area contributed by atoms with Gasteiger partial charge in [0.1, 0.15) is 11.3 Å². The molecule has 0 aliphatic carbocycles. The molecule has 0 saturated carbocycles. The first kappa shape index (κ1) is 14.2. The lowest BCUT2D eigenvalue weighted by Gasteiger charge is -2.22. The number of aromatic nitrogens is 4. The largest absolute Gasteiger partial charge is 0.382 e. The molecule has 7 nitrogen and oxygen atoms in total. The number of imidazole rings is 1. The molecule has 0 amide bonds. The van der Waals surface area contributed by atoms with Crippen molar-refractivity contribution in [2.24, 2.45) is 5.92 Å². The predicted octanol–water partition coefficient (Wildman–Crippen LogP) is 1.40. The van der Waals surface area contributed by atoms with Crippen molar-refractivity contribution in [3.8, 4) is 0 Å². The summed E-state index contributed by atoms with van der Waals surface area (Å²) in [6.07, 6.45) is 5.08. The Kier molecular flexibility index (Phi) is 4.31. The maximum atomic E-state index is 5.92. The summed E-state index contributed by atoms with van der Waals surface area (Å²) in [4.78, 5) is 15.9. The zero-order valence-corrected chi connectivity index (χ0v) is 12.3. The lowest BCUT2D eigenvalue weighted by Crippen LogP contribution is -2.25. The third-order valence-corrected chi connectivity index (χ3v) is 4.06. The number of anilines is 1. The number of H-pyrrole nitrogens is 1. The minimum atomic E-state index is 0.0632. The summed E-state index contributed by atoms with van der Waals surface area (Å²) in [5, 5.41) is 3.47. The molecule has 1 atom stereocenters. The number of hydrogen-bond acceptors (Lipinski definition) is 6. The van der Waals surface area contributed by atoms with Crippen molar-refractivity contribution in [3.05, 3.63) is 12.2 Å². The highest BCUT2D eigenvalue weighted by molar-refractivity contribution is 5.80. The lowest BCUT2D eigenvalue weighted by molar-refractivity contribution is 0.0638. The fourth-order valence-corrected chi connectivity index (χ4v) is 2.70. The van der Waals surface area contributed by atoms with Crippen molar-refractivity contribution in [1.29, 1.82) is 0 Å². The molecule has 1 fully saturated rings. The molecular formula is C14H22N6O. The van der Waals surface area contributed by atoms with Crippen molar-refractivity contribution >= 4 is 17.0 Å². The summed E-state index contributed by atoms with van der Waals surface area (Å²) in [6.45, 7) is 4.80. The van der Waals surface area contributed by atoms with Crippen LogP contribution in [-0.4, -0.2) is 39.7 Å². The molecule has 7 heteroatoms. The van der Waals surface area contributed by atoms with Crippen molar-refractivity contribution in [3.63, 3.8) is 0 Å². The molecular weight excluding hydrogens is 268 g/mol. The highest BCUT2D eigenvalue weighted by Gasteiger charge is 2.16. The zero-order valence-electron chi connectivity index (χ0n) is 12.3. The van der Waals surface area contributed by atoms with E-state index < -0.39 is 0 Å². The topological polar surface area (TPSA) is 102 Å². The van der Waals surface area contributed by atoms with Gasteiger partial charge in [0.25, 0.3) is 0 Å². The molecule has 2 aromatic rings. The Bertz CT molecular complexity index is 592. The van der Waals surface area contributed by atoms with Crippen LogP contribution in [0.4, 0.5) is 5.82 Å². The summed E-state index contributed by atoms with van der Waals surface area (Å²) in [5.74, 6) is 1.91. The SMILES string of the molecule is CC(NCCC1CCOCC1)c1nc(N)c2[nH]cnc2n1. The van der Waals surface area contributed by atoms with E-state index in [1.807, 2.05) is 0 Å². The van der Waals surface area contributed by atoms with Crippen LogP contribution in [0.3, 0.4) is 0 Å². The Balaban J connectivity index is 1.57. The van der Waals surface area contributed by atoms with Gasteiger partial charge in [0.2, 0.25) is 0 Å². The van der Waals surface area contributed by atoms with Crippen LogP contribution in [-0.2, 0) is 4.74 Å². The molecule has 3 heterocycles. The fraction of sp³-hybridized carbons (Fsp3) is 0.643. The van der Waals surface area contributed by atoms with Crippen molar-refractivity contribution < 1.29 is 4.74 Å². The molecule has 0 aromatic carbocycles. The molecule has 0 bridgehead atoms. The second-order valence-corrected chi connectivity index (χ2v) is 5.59. The highest BCUT2D eigenvalue weighted by Crippen LogP contribution is 2.19. The van der Waals surface area contributed by atoms with Crippen molar-refractivity contribution in [2.75, 3.05) is 25.5 Å². The molecule has 0 radical (unpaired) electrons. The zero-order chi connectivity index (χ0) is 14.7. The Labute approximate surface area is 123 Å². The molecule has 1 aliphatic heterocycles. The Hall–Kier alpha value is -1.73. The third-order valence-electron chi connectivity index (χ3n) is 4.06. The van der Waals surface area contributed by atoms with E-state index in [0.29, 0.717) is 22.8 Å². The van der Waals surface area contributed by atoms with Gasteiger partial charge < -0.3 is 20.8 Å². The third kappa shape index (κ3) is 3.30. The van der Waals surface area contributed by atoms with Crippen molar-refractivity contribution in [2.45, 2.75) is 32.2 Å². The summed E-state index contributed by atoms with van der Waals surface area (Å²) in [5.41, 5.74) is 7.24. The molecule has 2 aromatic heterocycles. The van der Waals surface area contributed by atoms with E-state index in [9.17, 15) is 0 Å². The molecule has 114 valence electrons. The van der Waals surface area contributed by atoms with Crippen LogP contribution in [0.25, 0.3) is 11.2 Å². The summed E-state index contributed by atoms with van der Waals surface area (Å²) >= 11 is 0. The second kappa shape index (κ2) is 6.36. The molecule has 1 saturated heterocycles. The van der Waals surface area contributed by atoms with Gasteiger partial charge in [-0.15, -0.1) is 0 Å². The number of nitrogens with one attached hydrogen (secondary N) is 2. The van der Waals surface area contributed by atoms with Gasteiger partial charge in [0.15, 0.2) is 11.5 Å². The van der Waals surface area contributed by atoms with Gasteiger partial charge in [-0.1, -0.05) is 0 Å². The van der Waals surface area contributed by atoms with Crippen LogP contribution in [0.2, 0.25) is 0 Å². The van der Waals surface area contributed by atoms with Crippen LogP contribution in [0.1, 0.15) is 38.1 Å². The number of fused-ring (bicyclic) bond motifs is 1. The number of nitrogen functional groups attached to an aromatic ring is 1. The first-order chi connectivity index (χ1) is 10.2. The number of nitrogens with zero attached hydrogens (tertiary/aromatic N) is 3. The normalized spacial score (nSPS) is 18.1. The molecule has 1 unspecified atom stereocenters. The molecule has 3 rings (SSSR count). The lowest BCUT2D eigenvalue weighted by atomic mass is 9.96. The quantitative estimate of drug-likeness (QED) is 0.769. The van der Waals surface area contributed by atoms with Crippen LogP contribution >= 0.6 is 0 Å². The average Bonchev–Trinajstić information content (AvgIpc) is 2.97. The van der Waals surface area contributed by atoms with Gasteiger partial charge in [-0.2, -0.15) is 0 Å².